The fourth-order valence-corrected chi connectivity index (χ4v) is 24.0. The normalized spacial score (nSPS) is 30.2. The first kappa shape index (κ1) is 85.8. The summed E-state index contributed by atoms with van der Waals surface area (Å²) in [6.45, 7) is 27.6. The molecule has 580 valence electrons. The van der Waals surface area contributed by atoms with Gasteiger partial charge in [0.2, 0.25) is 0 Å². The number of carbonyl (C=O) groups is 4. The van der Waals surface area contributed by atoms with Crippen molar-refractivity contribution in [3.63, 3.8) is 0 Å². The number of esters is 4. The second kappa shape index (κ2) is 47.5. The van der Waals surface area contributed by atoms with Crippen molar-refractivity contribution in [2.24, 2.45) is 23.7 Å². The van der Waals surface area contributed by atoms with E-state index in [9.17, 15) is 19.2 Å². The summed E-state index contributed by atoms with van der Waals surface area (Å²) in [5, 5.41) is 0. The van der Waals surface area contributed by atoms with Gasteiger partial charge in [-0.1, -0.05) is 39.2 Å². The summed E-state index contributed by atoms with van der Waals surface area (Å²) >= 11 is 0. The second-order valence-corrected chi connectivity index (χ2v) is 38.6. The zero-order valence-electron chi connectivity index (χ0n) is 61.5. The molecular weight excluding hydrogens is 1350 g/mol. The summed E-state index contributed by atoms with van der Waals surface area (Å²) in [5.41, 5.74) is 0. The molecule has 0 N–H and O–H groups in total. The Hall–Kier alpha value is -4.09. The highest BCUT2D eigenvalue weighted by Gasteiger charge is 2.45. The molecule has 101 heavy (non-hydrogen) atoms. The summed E-state index contributed by atoms with van der Waals surface area (Å²) in [5.74, 6) is -4.26. The number of hydrogen-bond acceptors (Lipinski definition) is 19. The first-order chi connectivity index (χ1) is 48.7. The molecule has 19 nitrogen and oxygen atoms in total. The Morgan fingerprint density at radius 1 is 0.307 bits per heavy atom. The zero-order chi connectivity index (χ0) is 72.8. The van der Waals surface area contributed by atoms with E-state index in [1.807, 2.05) is 0 Å². The van der Waals surface area contributed by atoms with E-state index in [2.05, 4.69) is 52.5 Å². The van der Waals surface area contributed by atoms with Crippen molar-refractivity contribution in [1.29, 1.82) is 0 Å². The average Bonchev–Trinajstić information content (AvgIpc) is 0.845. The Balaban J connectivity index is 0.965. The predicted octanol–water partition coefficient (Wildman–Crippen LogP) is 15.6. The van der Waals surface area contributed by atoms with Gasteiger partial charge in [-0.15, -0.1) is 0 Å². The minimum Gasteiger partial charge on any atom is -0.502 e. The SMILES string of the molecule is C=COCCCCOC1CCC(C(=O)OC2CCC(OC(=O)C3CCC(OCCCCOC=C)C(F)C3)C(OCCCC[Si](C)(C)O[Si](C)(C)CCCCOC3CC(OC(=O)C4CCC(OCCCCOC=C)C(F)C4)CCC3OC(=O)C3CCC(OCCCCOC=C)C(F)C3)C2)CC1F. The van der Waals surface area contributed by atoms with E-state index in [1.165, 1.54) is 25.0 Å². The van der Waals surface area contributed by atoms with Crippen molar-refractivity contribution < 1.29 is 107 Å². The Kier molecular flexibility index (Phi) is 40.3. The summed E-state index contributed by atoms with van der Waals surface area (Å²) in [4.78, 5) is 54.9. The van der Waals surface area contributed by atoms with Gasteiger partial charge in [-0.3, -0.25) is 19.2 Å². The van der Waals surface area contributed by atoms with Crippen LogP contribution in [0.25, 0.3) is 0 Å². The smallest absolute Gasteiger partial charge is 0.309 e. The molecule has 0 aliphatic heterocycles. The minimum atomic E-state index is -2.19. The van der Waals surface area contributed by atoms with E-state index < -0.39 is 150 Å². The van der Waals surface area contributed by atoms with Gasteiger partial charge in [0.15, 0.2) is 16.6 Å². The fourth-order valence-electron chi connectivity index (χ4n) is 15.0. The maximum absolute atomic E-state index is 15.5. The lowest BCUT2D eigenvalue weighted by molar-refractivity contribution is -0.180. The van der Waals surface area contributed by atoms with Crippen LogP contribution < -0.4 is 0 Å². The van der Waals surface area contributed by atoms with Crippen LogP contribution in [0.2, 0.25) is 38.3 Å². The van der Waals surface area contributed by atoms with E-state index in [0.717, 1.165) is 76.3 Å². The number of alkyl halides is 4. The molecule has 0 bridgehead atoms. The van der Waals surface area contributed by atoms with Crippen molar-refractivity contribution in [3.05, 3.63) is 51.4 Å². The van der Waals surface area contributed by atoms with Crippen molar-refractivity contribution in [3.8, 4) is 0 Å². The van der Waals surface area contributed by atoms with Gasteiger partial charge in [0.05, 0.1) is 112 Å². The summed E-state index contributed by atoms with van der Waals surface area (Å²) in [6.07, 6.45) is 9.27. The second-order valence-electron chi connectivity index (χ2n) is 29.8. The molecular formula is C76H126F4O19Si2. The predicted molar refractivity (Wildman–Crippen MR) is 380 cm³/mol. The summed E-state index contributed by atoms with van der Waals surface area (Å²) in [7, 11) is -4.37. The van der Waals surface area contributed by atoms with E-state index >= 15 is 17.6 Å². The van der Waals surface area contributed by atoms with Gasteiger partial charge in [-0.05, 0) is 205 Å². The van der Waals surface area contributed by atoms with Gasteiger partial charge in [-0.25, -0.2) is 17.6 Å². The van der Waals surface area contributed by atoms with E-state index in [1.54, 1.807) is 0 Å². The molecule has 0 aromatic carbocycles. The number of hydrogen-bond donors (Lipinski definition) is 0. The Morgan fingerprint density at radius 2 is 0.545 bits per heavy atom. The van der Waals surface area contributed by atoms with Gasteiger partial charge in [0.25, 0.3) is 0 Å². The maximum Gasteiger partial charge on any atom is 0.309 e. The van der Waals surface area contributed by atoms with Crippen LogP contribution in [0.15, 0.2) is 51.4 Å². The zero-order valence-corrected chi connectivity index (χ0v) is 63.5. The van der Waals surface area contributed by atoms with Crippen LogP contribution in [0.4, 0.5) is 17.6 Å². The Bertz CT molecular complexity index is 2240. The molecule has 6 saturated carbocycles. The standard InChI is InChI=1S/C76H126F4O19Si2/c1-9-85-37-13-17-41-89-65-31-25-55(49-61(65)77)73(81)95-59-29-35-69(97-75(83)57-27-33-67(63(79)51-57)91-43-19-15-39-87-11-3)71(53-59)93-45-21-23-47-100(5,6)99-101(7,8)48-24-22-46-94-72-54-60(96-74(82)56-26-32-66(62(78)50-56)90-42-18-14-38-86-10-2)30-36-70(72)98-76(84)58-28-34-68(64(80)52-58)92-44-20-16-40-88-12-4/h9-12,55-72H,1-4,13-54H2,5-8H3. The van der Waals surface area contributed by atoms with Crippen LogP contribution in [-0.2, 0) is 89.6 Å². The fraction of sp³-hybridized carbons (Fsp3) is 0.842. The molecule has 0 aromatic heterocycles. The molecule has 18 unspecified atom stereocenters. The first-order valence-electron chi connectivity index (χ1n) is 38.4. The quantitative estimate of drug-likeness (QED) is 0.0139. The van der Waals surface area contributed by atoms with E-state index in [-0.39, 0.29) is 25.7 Å². The molecule has 6 rings (SSSR count). The summed E-state index contributed by atoms with van der Waals surface area (Å²) in [6, 6.07) is 1.76. The number of halogens is 4. The topological polar surface area (TPSA) is 207 Å². The van der Waals surface area contributed by atoms with Crippen LogP contribution in [0.5, 0.6) is 0 Å². The third-order valence-electron chi connectivity index (χ3n) is 20.6. The molecule has 18 atom stereocenters. The molecule has 0 spiro atoms. The molecule has 0 radical (unpaired) electrons. The lowest BCUT2D eigenvalue weighted by Crippen LogP contribution is -2.45. The van der Waals surface area contributed by atoms with Crippen LogP contribution in [0.1, 0.15) is 193 Å². The number of carbonyl (C=O) groups excluding carboxylic acids is 4. The Labute approximate surface area is 602 Å². The van der Waals surface area contributed by atoms with Gasteiger partial charge >= 0.3 is 23.9 Å². The van der Waals surface area contributed by atoms with Crippen LogP contribution in [-0.4, -0.2) is 192 Å². The third kappa shape index (κ3) is 32.3. The van der Waals surface area contributed by atoms with Gasteiger partial charge in [0.1, 0.15) is 49.1 Å². The van der Waals surface area contributed by atoms with Crippen molar-refractivity contribution in [2.45, 2.75) is 317 Å². The molecule has 0 heterocycles. The molecule has 6 aliphatic carbocycles. The molecule has 6 fully saturated rings. The van der Waals surface area contributed by atoms with Crippen LogP contribution >= 0.6 is 0 Å². The number of unbranched alkanes of at least 4 members (excludes halogenated alkanes) is 6. The monoisotopic (exact) mass is 1470 g/mol. The third-order valence-corrected chi connectivity index (χ3v) is 28.2. The van der Waals surface area contributed by atoms with Gasteiger partial charge in [-0.2, -0.15) is 0 Å². The largest absolute Gasteiger partial charge is 0.502 e. The lowest BCUT2D eigenvalue weighted by atomic mass is 9.85. The van der Waals surface area contributed by atoms with Crippen LogP contribution in [0.3, 0.4) is 0 Å². The van der Waals surface area contributed by atoms with E-state index in [0.29, 0.717) is 169 Å². The number of rotatable bonds is 50. The van der Waals surface area contributed by atoms with Crippen LogP contribution in [0, 0.1) is 23.7 Å². The number of ether oxygens (including phenoxy) is 14. The van der Waals surface area contributed by atoms with Gasteiger partial charge < -0.3 is 70.4 Å². The molecule has 25 heteroatoms. The minimum absolute atomic E-state index is 0.00726. The van der Waals surface area contributed by atoms with Crippen molar-refractivity contribution >= 4 is 40.5 Å². The lowest BCUT2D eigenvalue weighted by Gasteiger charge is -2.38. The molecule has 6 aliphatic rings. The molecule has 0 amide bonds. The van der Waals surface area contributed by atoms with Crippen molar-refractivity contribution in [2.75, 3.05) is 66.1 Å². The first-order valence-corrected chi connectivity index (χ1v) is 44.6. The van der Waals surface area contributed by atoms with E-state index in [4.69, 9.17) is 70.4 Å². The highest BCUT2D eigenvalue weighted by atomic mass is 28.4. The average molecular weight is 1480 g/mol. The maximum atomic E-state index is 15.5. The molecule has 0 aromatic rings. The van der Waals surface area contributed by atoms with Gasteiger partial charge in [0, 0.05) is 52.5 Å². The highest BCUT2D eigenvalue weighted by Crippen LogP contribution is 2.39. The highest BCUT2D eigenvalue weighted by molar-refractivity contribution is 6.84. The Morgan fingerprint density at radius 3 is 0.812 bits per heavy atom. The van der Waals surface area contributed by atoms with Crippen molar-refractivity contribution in [1.82, 2.24) is 0 Å². The molecule has 0 saturated heterocycles. The summed E-state index contributed by atoms with van der Waals surface area (Å²) < 4.78 is 151.